The van der Waals surface area contributed by atoms with Crippen LogP contribution in [0.15, 0.2) is 35.4 Å². The minimum atomic E-state index is -0.512. The molecule has 0 radical (unpaired) electrons. The van der Waals surface area contributed by atoms with Crippen molar-refractivity contribution >= 4 is 22.2 Å². The molecule has 0 atom stereocenters. The quantitative estimate of drug-likeness (QED) is 0.368. The fraction of sp³-hybridized carbons (Fsp3) is 0.417. The summed E-state index contributed by atoms with van der Waals surface area (Å²) in [4.78, 5) is 47.3. The molecule has 0 aromatic carbocycles. The first-order chi connectivity index (χ1) is 17.3. The van der Waals surface area contributed by atoms with Crippen LogP contribution in [0.25, 0.3) is 22.2 Å². The maximum Gasteiger partial charge on any atom is 0.337 e. The Balaban J connectivity index is 0.000000201. The predicted octanol–water partition coefficient (Wildman–Crippen LogP) is 2.49. The van der Waals surface area contributed by atoms with Gasteiger partial charge in [0.1, 0.15) is 10.8 Å². The van der Waals surface area contributed by atoms with Crippen LogP contribution < -0.4 is 31.0 Å². The summed E-state index contributed by atoms with van der Waals surface area (Å²) in [6, 6.07) is 3.02. The molecule has 0 saturated carbocycles. The Morgan fingerprint density at radius 3 is 1.89 bits per heavy atom. The van der Waals surface area contributed by atoms with Crippen LogP contribution in [-0.4, -0.2) is 40.3 Å². The molecule has 0 amide bonds. The van der Waals surface area contributed by atoms with E-state index in [1.165, 1.54) is 30.9 Å². The summed E-state index contributed by atoms with van der Waals surface area (Å²) in [7, 11) is 2.86. The number of rotatable bonds is 7. The molecule has 36 heavy (non-hydrogen) atoms. The Kier molecular flexibility index (Phi) is 8.41. The molecule has 0 N–H and O–H groups in total. The van der Waals surface area contributed by atoms with Crippen molar-refractivity contribution in [3.8, 4) is 17.9 Å². The Bertz CT molecular complexity index is 1550. The second-order valence-corrected chi connectivity index (χ2v) is 7.35. The largest absolute Gasteiger partial charge is 0.477 e. The molecule has 0 aliphatic rings. The summed E-state index contributed by atoms with van der Waals surface area (Å²) in [5.41, 5.74) is 0.460. The molecular weight excluding hydrogens is 472 g/mol. The highest BCUT2D eigenvalue weighted by Gasteiger charge is 2.17. The summed E-state index contributed by atoms with van der Waals surface area (Å²) < 4.78 is 26.9. The number of hydrogen-bond acceptors (Lipinski definition) is 11. The molecule has 0 unspecified atom stereocenters. The molecule has 12 nitrogen and oxygen atoms in total. The number of hydrogen-bond donors (Lipinski definition) is 0. The number of aryl methyl sites for hydroxylation is 2. The Labute approximate surface area is 205 Å². The third kappa shape index (κ3) is 5.21. The molecular formula is C24H28N4O8. The van der Waals surface area contributed by atoms with Crippen LogP contribution in [0.2, 0.25) is 0 Å². The van der Waals surface area contributed by atoms with Crippen LogP contribution in [0, 0.1) is 0 Å². The number of aromatic nitrogens is 4. The first-order valence-corrected chi connectivity index (χ1v) is 11.4. The second-order valence-electron chi connectivity index (χ2n) is 7.35. The standard InChI is InChI=1S/2C12H14N2O4/c1-4-7-6-8(15)18-11-9(7)10(17-5-2)13-12(14-11)16-3;1-4-7-6-8(15)18-10-9(7)11(16)14(5-2)12(13-10)17-3/h2*6H,4-5H2,1-3H3. The molecule has 12 heteroatoms. The first kappa shape index (κ1) is 26.4. The van der Waals surface area contributed by atoms with Crippen LogP contribution in [-0.2, 0) is 19.4 Å². The van der Waals surface area contributed by atoms with Crippen LogP contribution in [0.4, 0.5) is 0 Å². The SMILES string of the molecule is CCOc1nc(OC)nc2oc(=O)cc(CC)c12.CCc1cc(=O)oc2nc(OC)n(CC)c(=O)c12. The zero-order valence-corrected chi connectivity index (χ0v) is 21.0. The van der Waals surface area contributed by atoms with Crippen molar-refractivity contribution < 1.29 is 23.0 Å². The minimum Gasteiger partial charge on any atom is -0.477 e. The van der Waals surface area contributed by atoms with Crippen LogP contribution >= 0.6 is 0 Å². The average Bonchev–Trinajstić information content (AvgIpc) is 2.87. The van der Waals surface area contributed by atoms with Crippen molar-refractivity contribution in [3.05, 3.63) is 54.5 Å². The van der Waals surface area contributed by atoms with Crippen molar-refractivity contribution in [1.82, 2.24) is 19.5 Å². The molecule has 4 rings (SSSR count). The van der Waals surface area contributed by atoms with Gasteiger partial charge in [-0.1, -0.05) is 13.8 Å². The second kappa shape index (κ2) is 11.5. The topological polar surface area (TPSA) is 149 Å². The fourth-order valence-corrected chi connectivity index (χ4v) is 3.62. The predicted molar refractivity (Wildman–Crippen MR) is 131 cm³/mol. The van der Waals surface area contributed by atoms with Crippen LogP contribution in [0.3, 0.4) is 0 Å². The highest BCUT2D eigenvalue weighted by Crippen LogP contribution is 2.27. The van der Waals surface area contributed by atoms with Gasteiger partial charge in [-0.25, -0.2) is 9.59 Å². The lowest BCUT2D eigenvalue weighted by molar-refractivity contribution is 0.314. The number of fused-ring (bicyclic) bond motifs is 2. The van der Waals surface area contributed by atoms with Gasteiger partial charge in [-0.05, 0) is 37.8 Å². The smallest absolute Gasteiger partial charge is 0.337 e. The summed E-state index contributed by atoms with van der Waals surface area (Å²) in [5, 5.41) is 0.972. The Hall–Kier alpha value is -4.22. The number of methoxy groups -OCH3 is 2. The van der Waals surface area contributed by atoms with E-state index in [9.17, 15) is 14.4 Å². The van der Waals surface area contributed by atoms with Crippen molar-refractivity contribution in [2.75, 3.05) is 20.8 Å². The monoisotopic (exact) mass is 500 g/mol. The zero-order valence-electron chi connectivity index (χ0n) is 21.0. The van der Waals surface area contributed by atoms with Crippen molar-refractivity contribution in [2.24, 2.45) is 0 Å². The normalized spacial score (nSPS) is 10.7. The van der Waals surface area contributed by atoms with Gasteiger partial charge < -0.3 is 23.0 Å². The number of ether oxygens (including phenoxy) is 3. The third-order valence-corrected chi connectivity index (χ3v) is 5.27. The van der Waals surface area contributed by atoms with Gasteiger partial charge >= 0.3 is 23.3 Å². The van der Waals surface area contributed by atoms with E-state index in [1.807, 2.05) is 27.7 Å². The van der Waals surface area contributed by atoms with Crippen molar-refractivity contribution in [3.63, 3.8) is 0 Å². The lowest BCUT2D eigenvalue weighted by Gasteiger charge is -2.10. The van der Waals surface area contributed by atoms with Gasteiger partial charge in [0, 0.05) is 18.7 Å². The van der Waals surface area contributed by atoms with E-state index in [4.69, 9.17) is 23.0 Å². The van der Waals surface area contributed by atoms with Gasteiger partial charge in [-0.2, -0.15) is 15.0 Å². The fourth-order valence-electron chi connectivity index (χ4n) is 3.62. The van der Waals surface area contributed by atoms with Crippen LogP contribution in [0.5, 0.6) is 17.9 Å². The molecule has 0 aliphatic carbocycles. The molecule has 4 aromatic heterocycles. The van der Waals surface area contributed by atoms with Crippen LogP contribution in [0.1, 0.15) is 38.8 Å². The van der Waals surface area contributed by atoms with Gasteiger partial charge in [-0.15, -0.1) is 0 Å². The van der Waals surface area contributed by atoms with Gasteiger partial charge in [0.25, 0.3) is 5.56 Å². The molecule has 192 valence electrons. The van der Waals surface area contributed by atoms with E-state index in [1.54, 1.807) is 0 Å². The molecule has 0 aliphatic heterocycles. The van der Waals surface area contributed by atoms with E-state index in [-0.39, 0.29) is 29.0 Å². The highest BCUT2D eigenvalue weighted by atomic mass is 16.5. The van der Waals surface area contributed by atoms with E-state index in [2.05, 4.69) is 15.0 Å². The zero-order chi connectivity index (χ0) is 26.4. The number of nitrogens with zero attached hydrogens (tertiary/aromatic N) is 4. The highest BCUT2D eigenvalue weighted by molar-refractivity contribution is 5.82. The Morgan fingerprint density at radius 1 is 0.806 bits per heavy atom. The van der Waals surface area contributed by atoms with Crippen molar-refractivity contribution in [1.29, 1.82) is 0 Å². The minimum absolute atomic E-state index is 0.0332. The summed E-state index contributed by atoms with van der Waals surface area (Å²) in [5.74, 6) is 0.375. The maximum absolute atomic E-state index is 12.3. The van der Waals surface area contributed by atoms with Gasteiger partial charge in [0.2, 0.25) is 17.3 Å². The lowest BCUT2D eigenvalue weighted by atomic mass is 10.1. The summed E-state index contributed by atoms with van der Waals surface area (Å²) >= 11 is 0. The molecule has 0 fully saturated rings. The molecule has 0 spiro atoms. The molecule has 4 aromatic rings. The van der Waals surface area contributed by atoms with Gasteiger partial charge in [0.15, 0.2) is 0 Å². The Morgan fingerprint density at radius 2 is 1.39 bits per heavy atom. The first-order valence-electron chi connectivity index (χ1n) is 11.4. The molecule has 0 bridgehead atoms. The molecule has 4 heterocycles. The van der Waals surface area contributed by atoms with E-state index in [0.29, 0.717) is 48.2 Å². The maximum atomic E-state index is 12.3. The van der Waals surface area contributed by atoms with Crippen molar-refractivity contribution in [2.45, 2.75) is 47.1 Å². The lowest BCUT2D eigenvalue weighted by Crippen LogP contribution is -2.24. The summed E-state index contributed by atoms with van der Waals surface area (Å²) in [6.45, 7) is 8.38. The van der Waals surface area contributed by atoms with E-state index in [0.717, 1.165) is 5.56 Å². The van der Waals surface area contributed by atoms with Gasteiger partial charge in [-0.3, -0.25) is 9.36 Å². The van der Waals surface area contributed by atoms with Gasteiger partial charge in [0.05, 0.1) is 20.8 Å². The molecule has 0 saturated heterocycles. The van der Waals surface area contributed by atoms with E-state index < -0.39 is 11.3 Å². The summed E-state index contributed by atoms with van der Waals surface area (Å²) in [6.07, 6.45) is 1.23. The third-order valence-electron chi connectivity index (χ3n) is 5.27. The van der Waals surface area contributed by atoms with E-state index >= 15 is 0 Å². The average molecular weight is 501 g/mol.